The van der Waals surface area contributed by atoms with Crippen LogP contribution < -0.4 is 29.3 Å². The van der Waals surface area contributed by atoms with Gasteiger partial charge in [0.25, 0.3) is 5.91 Å². The van der Waals surface area contributed by atoms with E-state index in [9.17, 15) is 9.59 Å². The van der Waals surface area contributed by atoms with Gasteiger partial charge in [0.2, 0.25) is 0 Å². The largest absolute Gasteiger partial charge is 1.00 e. The second kappa shape index (κ2) is 18.8. The van der Waals surface area contributed by atoms with Crippen LogP contribution >= 0.6 is 0 Å². The lowest BCUT2D eigenvalue weighted by molar-refractivity contribution is -0.870. The molecule has 0 aliphatic rings. The number of carbonyl (C=O) groups excluding carboxylic acids is 2. The zero-order chi connectivity index (χ0) is 27.0. The number of alkyl carbamates (subject to hydrolysis) is 1. The molecular weight excluding hydrogens is 581 g/mol. The van der Waals surface area contributed by atoms with Crippen molar-refractivity contribution in [1.29, 1.82) is 0 Å². The third kappa shape index (κ3) is 18.5. The first kappa shape index (κ1) is 35.6. The summed E-state index contributed by atoms with van der Waals surface area (Å²) in [6.07, 6.45) is 9.34. The molecule has 0 bridgehead atoms. The van der Waals surface area contributed by atoms with Crippen LogP contribution in [0.25, 0.3) is 0 Å². The van der Waals surface area contributed by atoms with Crippen molar-refractivity contribution < 1.29 is 47.6 Å². The maximum atomic E-state index is 13.6. The number of hydrogen-bond donors (Lipinski definition) is 1. The normalized spacial score (nSPS) is 12.4. The molecule has 0 saturated carbocycles. The molecule has 0 radical (unpaired) electrons. The van der Waals surface area contributed by atoms with Crippen molar-refractivity contribution in [3.63, 3.8) is 0 Å². The van der Waals surface area contributed by atoms with E-state index < -0.39 is 17.7 Å². The number of quaternary nitrogens is 1. The van der Waals surface area contributed by atoms with Crippen LogP contribution in [-0.2, 0) is 21.0 Å². The molecule has 2 amide bonds. The molecule has 1 rings (SSSR count). The monoisotopic (exact) mass is 633 g/mol. The quantitative estimate of drug-likeness (QED) is 0.124. The number of rotatable bonds is 17. The maximum Gasteiger partial charge on any atom is 0.408 e. The van der Waals surface area contributed by atoms with Gasteiger partial charge in [0, 0.05) is 0 Å². The van der Waals surface area contributed by atoms with Crippen molar-refractivity contribution in [3.05, 3.63) is 35.9 Å². The first-order valence-electron chi connectivity index (χ1n) is 13.7. The smallest absolute Gasteiger partial charge is 0.408 e. The Labute approximate surface area is 243 Å². The van der Waals surface area contributed by atoms with Gasteiger partial charge in [0.05, 0.1) is 34.2 Å². The van der Waals surface area contributed by atoms with E-state index in [2.05, 4.69) is 33.4 Å². The zero-order valence-corrected chi connectivity index (χ0v) is 26.5. The molecule has 0 aromatic heterocycles. The third-order valence-corrected chi connectivity index (χ3v) is 5.79. The molecule has 0 spiro atoms. The topological polar surface area (TPSA) is 67.9 Å². The summed E-state index contributed by atoms with van der Waals surface area (Å²) < 4.78 is 6.15. The van der Waals surface area contributed by atoms with Crippen LogP contribution in [0.1, 0.15) is 91.0 Å². The fraction of sp³-hybridized carbons (Fsp3) is 0.724. The Morgan fingerprint density at radius 2 is 1.51 bits per heavy atom. The summed E-state index contributed by atoms with van der Waals surface area (Å²) in [6.45, 7) is 9.12. The summed E-state index contributed by atoms with van der Waals surface area (Å²) in [7, 11) is 6.24. The molecule has 1 N–H and O–H groups in total. The highest BCUT2D eigenvalue weighted by atomic mass is 127. The predicted molar refractivity (Wildman–Crippen MR) is 146 cm³/mol. The van der Waals surface area contributed by atoms with Crippen LogP contribution in [0.2, 0.25) is 0 Å². The molecule has 0 heterocycles. The number of hydroxylamine groups is 2. The molecule has 7 nitrogen and oxygen atoms in total. The van der Waals surface area contributed by atoms with E-state index in [-0.39, 0.29) is 29.9 Å². The lowest BCUT2D eigenvalue weighted by Crippen LogP contribution is -3.00. The standard InChI is InChI=1S/C29H51N3O4.HI/c1-8-9-10-11-12-13-14-18-21-26(30-28(34)36-29(2,3)4)27(33)31(22-23-32(5,6)7)35-24-25-19-16-15-17-20-25;/h15-17,19-20,26H,8-14,18,21-24H2,1-7H3;1H. The van der Waals surface area contributed by atoms with Crippen molar-refractivity contribution in [2.45, 2.75) is 104 Å². The van der Waals surface area contributed by atoms with E-state index in [1.165, 1.54) is 37.2 Å². The molecule has 0 aliphatic carbocycles. The molecule has 0 aliphatic heterocycles. The van der Waals surface area contributed by atoms with Crippen molar-refractivity contribution in [2.75, 3.05) is 34.2 Å². The van der Waals surface area contributed by atoms with Crippen LogP contribution in [0.3, 0.4) is 0 Å². The number of unbranched alkanes of at least 4 members (excludes halogenated alkanes) is 7. The number of hydrogen-bond acceptors (Lipinski definition) is 4. The number of halogens is 1. The van der Waals surface area contributed by atoms with Crippen molar-refractivity contribution in [1.82, 2.24) is 10.4 Å². The number of ether oxygens (including phenoxy) is 1. The highest BCUT2D eigenvalue weighted by molar-refractivity contribution is 5.85. The molecule has 1 aromatic carbocycles. The molecular formula is C29H52IN3O4. The van der Waals surface area contributed by atoms with Crippen LogP contribution in [0, 0.1) is 0 Å². The van der Waals surface area contributed by atoms with Crippen LogP contribution in [-0.4, -0.2) is 67.4 Å². The zero-order valence-electron chi connectivity index (χ0n) is 24.4. The van der Waals surface area contributed by atoms with E-state index in [1.54, 1.807) is 0 Å². The third-order valence-electron chi connectivity index (χ3n) is 5.79. The van der Waals surface area contributed by atoms with Crippen LogP contribution in [0.4, 0.5) is 4.79 Å². The average molecular weight is 634 g/mol. The van der Waals surface area contributed by atoms with Gasteiger partial charge < -0.3 is 38.5 Å². The number of likely N-dealkylation sites (N-methyl/N-ethyl adjacent to an activating group) is 1. The Kier molecular flexibility index (Phi) is 18.1. The summed E-state index contributed by atoms with van der Waals surface area (Å²) in [6, 6.07) is 9.11. The highest BCUT2D eigenvalue weighted by Crippen LogP contribution is 2.14. The highest BCUT2D eigenvalue weighted by Gasteiger charge is 2.29. The number of nitrogens with zero attached hydrogens (tertiary/aromatic N) is 2. The molecule has 0 fully saturated rings. The molecule has 1 unspecified atom stereocenters. The molecule has 0 saturated heterocycles. The van der Waals surface area contributed by atoms with E-state index in [0.29, 0.717) is 24.1 Å². The minimum absolute atomic E-state index is 0. The Balaban J connectivity index is 0.0000130. The van der Waals surface area contributed by atoms with Crippen molar-refractivity contribution in [2.24, 2.45) is 0 Å². The van der Waals surface area contributed by atoms with E-state index >= 15 is 0 Å². The number of benzene rings is 1. The second-order valence-corrected chi connectivity index (χ2v) is 11.7. The van der Waals surface area contributed by atoms with Gasteiger partial charge in [-0.15, -0.1) is 0 Å². The molecule has 214 valence electrons. The van der Waals surface area contributed by atoms with Gasteiger partial charge in [-0.25, -0.2) is 9.86 Å². The Bertz CT molecular complexity index is 748. The molecule has 1 aromatic rings. The Morgan fingerprint density at radius 1 is 0.946 bits per heavy atom. The van der Waals surface area contributed by atoms with Crippen molar-refractivity contribution in [3.8, 4) is 0 Å². The summed E-state index contributed by atoms with van der Waals surface area (Å²) >= 11 is 0. The van der Waals surface area contributed by atoms with Crippen molar-refractivity contribution >= 4 is 12.0 Å². The first-order valence-corrected chi connectivity index (χ1v) is 13.7. The van der Waals surface area contributed by atoms with Gasteiger partial charge in [-0.1, -0.05) is 88.6 Å². The molecule has 37 heavy (non-hydrogen) atoms. The fourth-order valence-electron chi connectivity index (χ4n) is 3.72. The summed E-state index contributed by atoms with van der Waals surface area (Å²) in [5, 5.41) is 4.26. The predicted octanol–water partition coefficient (Wildman–Crippen LogP) is 3.08. The van der Waals surface area contributed by atoms with Crippen LogP contribution in [0.5, 0.6) is 0 Å². The van der Waals surface area contributed by atoms with Gasteiger partial charge in [0.1, 0.15) is 18.2 Å². The first-order chi connectivity index (χ1) is 16.9. The van der Waals surface area contributed by atoms with E-state index in [0.717, 1.165) is 31.4 Å². The van der Waals surface area contributed by atoms with E-state index in [1.807, 2.05) is 51.1 Å². The SMILES string of the molecule is CCCCCCCCCCC(NC(=O)OC(C)(C)C)C(=O)N(CC[N+](C)(C)C)OCc1ccccc1.[I-]. The number of carbonyl (C=O) groups is 2. The maximum absolute atomic E-state index is 13.6. The van der Waals surface area contributed by atoms with Gasteiger partial charge in [-0.2, -0.15) is 0 Å². The van der Waals surface area contributed by atoms with Gasteiger partial charge in [-0.3, -0.25) is 9.63 Å². The molecule has 8 heteroatoms. The minimum atomic E-state index is -0.691. The van der Waals surface area contributed by atoms with Gasteiger partial charge in [0.15, 0.2) is 0 Å². The number of amides is 2. The second-order valence-electron chi connectivity index (χ2n) is 11.7. The Hall–Kier alpha value is -1.39. The summed E-state index contributed by atoms with van der Waals surface area (Å²) in [5.41, 5.74) is 0.351. The summed E-state index contributed by atoms with van der Waals surface area (Å²) in [5.74, 6) is -0.229. The number of nitrogens with one attached hydrogen (secondary N) is 1. The minimum Gasteiger partial charge on any atom is -1.00 e. The summed E-state index contributed by atoms with van der Waals surface area (Å²) in [4.78, 5) is 32.2. The molecule has 1 atom stereocenters. The average Bonchev–Trinajstić information content (AvgIpc) is 2.78. The lowest BCUT2D eigenvalue weighted by atomic mass is 10.0. The Morgan fingerprint density at radius 3 is 2.05 bits per heavy atom. The van der Waals surface area contributed by atoms with Crippen LogP contribution in [0.15, 0.2) is 30.3 Å². The van der Waals surface area contributed by atoms with E-state index in [4.69, 9.17) is 9.57 Å². The van der Waals surface area contributed by atoms with Gasteiger partial charge in [-0.05, 0) is 32.8 Å². The lowest BCUT2D eigenvalue weighted by Gasteiger charge is -2.31. The van der Waals surface area contributed by atoms with Gasteiger partial charge >= 0.3 is 6.09 Å². The fourth-order valence-corrected chi connectivity index (χ4v) is 3.72.